The molecule has 0 bridgehead atoms. The first-order chi connectivity index (χ1) is 9.29. The topological polar surface area (TPSA) is 29.5 Å². The van der Waals surface area contributed by atoms with Crippen LogP contribution in [0.4, 0.5) is 18.9 Å². The second-order valence-electron chi connectivity index (χ2n) is 4.07. The van der Waals surface area contributed by atoms with Crippen molar-refractivity contribution in [2.75, 3.05) is 25.1 Å². The van der Waals surface area contributed by atoms with Gasteiger partial charge in [-0.05, 0) is 25.1 Å². The summed E-state index contributed by atoms with van der Waals surface area (Å²) in [5.41, 5.74) is -0.661. The van der Waals surface area contributed by atoms with E-state index >= 15 is 0 Å². The number of carbonyl (C=O) groups is 1. The molecule has 0 heterocycles. The van der Waals surface area contributed by atoms with Crippen molar-refractivity contribution < 1.29 is 22.7 Å². The first-order valence-corrected chi connectivity index (χ1v) is 6.77. The summed E-state index contributed by atoms with van der Waals surface area (Å²) >= 11 is 3.04. The van der Waals surface area contributed by atoms with Crippen molar-refractivity contribution in [1.29, 1.82) is 0 Å². The SMILES string of the molecule is CCN(CCC(=O)OC)c1ccc(Br)cc1C(F)(F)F. The molecule has 0 fully saturated rings. The zero-order chi connectivity index (χ0) is 15.3. The summed E-state index contributed by atoms with van der Waals surface area (Å²) in [5, 5.41) is 0. The number of hydrogen-bond acceptors (Lipinski definition) is 3. The Labute approximate surface area is 123 Å². The fraction of sp³-hybridized carbons (Fsp3) is 0.462. The third-order valence-electron chi connectivity index (χ3n) is 2.80. The van der Waals surface area contributed by atoms with E-state index in [1.807, 2.05) is 0 Å². The van der Waals surface area contributed by atoms with Gasteiger partial charge in [0.05, 0.1) is 19.1 Å². The summed E-state index contributed by atoms with van der Waals surface area (Å²) < 4.78 is 44.0. The van der Waals surface area contributed by atoms with Gasteiger partial charge in [-0.1, -0.05) is 15.9 Å². The number of esters is 1. The molecular formula is C13H15BrF3NO2. The number of methoxy groups -OCH3 is 1. The molecule has 0 radical (unpaired) electrons. The molecule has 0 saturated heterocycles. The molecule has 0 saturated carbocycles. The standard InChI is InChI=1S/C13H15BrF3NO2/c1-3-18(7-6-12(19)20-2)11-5-4-9(14)8-10(11)13(15,16)17/h4-5,8H,3,6-7H2,1-2H3. The molecule has 7 heteroatoms. The highest BCUT2D eigenvalue weighted by atomic mass is 79.9. The van der Waals surface area contributed by atoms with Gasteiger partial charge in [0.2, 0.25) is 0 Å². The van der Waals surface area contributed by atoms with Crippen molar-refractivity contribution in [1.82, 2.24) is 0 Å². The molecule has 0 spiro atoms. The molecular weight excluding hydrogens is 339 g/mol. The van der Waals surface area contributed by atoms with Gasteiger partial charge in [0.25, 0.3) is 0 Å². The summed E-state index contributed by atoms with van der Waals surface area (Å²) in [6, 6.07) is 3.98. The Morgan fingerprint density at radius 2 is 2.05 bits per heavy atom. The van der Waals surface area contributed by atoms with Gasteiger partial charge in [0.15, 0.2) is 0 Å². The highest BCUT2D eigenvalue weighted by molar-refractivity contribution is 9.10. The number of hydrogen-bond donors (Lipinski definition) is 0. The zero-order valence-electron chi connectivity index (χ0n) is 11.1. The van der Waals surface area contributed by atoms with Gasteiger partial charge < -0.3 is 9.64 Å². The quantitative estimate of drug-likeness (QED) is 0.753. The number of halogens is 4. The minimum atomic E-state index is -4.45. The molecule has 0 amide bonds. The highest BCUT2D eigenvalue weighted by Crippen LogP contribution is 2.38. The van der Waals surface area contributed by atoms with E-state index in [0.717, 1.165) is 6.07 Å². The number of rotatable bonds is 5. The molecule has 0 aliphatic carbocycles. The van der Waals surface area contributed by atoms with Crippen LogP contribution in [0.15, 0.2) is 22.7 Å². The number of benzene rings is 1. The summed E-state index contributed by atoms with van der Waals surface area (Å²) in [7, 11) is 1.25. The van der Waals surface area contributed by atoms with Crippen molar-refractivity contribution in [3.8, 4) is 0 Å². The largest absolute Gasteiger partial charge is 0.469 e. The van der Waals surface area contributed by atoms with E-state index in [1.54, 1.807) is 13.0 Å². The molecule has 3 nitrogen and oxygen atoms in total. The molecule has 20 heavy (non-hydrogen) atoms. The van der Waals surface area contributed by atoms with Crippen LogP contribution in [-0.4, -0.2) is 26.2 Å². The second-order valence-corrected chi connectivity index (χ2v) is 4.98. The van der Waals surface area contributed by atoms with Crippen LogP contribution in [-0.2, 0) is 15.7 Å². The number of carbonyl (C=O) groups excluding carboxylic acids is 1. The molecule has 112 valence electrons. The first-order valence-electron chi connectivity index (χ1n) is 5.98. The van der Waals surface area contributed by atoms with Gasteiger partial charge in [-0.3, -0.25) is 4.79 Å². The van der Waals surface area contributed by atoms with Gasteiger partial charge in [-0.15, -0.1) is 0 Å². The third-order valence-corrected chi connectivity index (χ3v) is 3.29. The average Bonchev–Trinajstić information content (AvgIpc) is 2.39. The molecule has 1 aromatic carbocycles. The summed E-state index contributed by atoms with van der Waals surface area (Å²) in [4.78, 5) is 12.6. The van der Waals surface area contributed by atoms with E-state index in [2.05, 4.69) is 20.7 Å². The Bertz CT molecular complexity index is 477. The Kier molecular flexibility index (Phi) is 5.86. The summed E-state index contributed by atoms with van der Waals surface area (Å²) in [6.07, 6.45) is -4.41. The summed E-state index contributed by atoms with van der Waals surface area (Å²) in [5.74, 6) is -0.450. The minimum Gasteiger partial charge on any atom is -0.469 e. The van der Waals surface area contributed by atoms with E-state index in [0.29, 0.717) is 11.0 Å². The van der Waals surface area contributed by atoms with Crippen molar-refractivity contribution in [3.63, 3.8) is 0 Å². The fourth-order valence-electron chi connectivity index (χ4n) is 1.79. The van der Waals surface area contributed by atoms with E-state index in [-0.39, 0.29) is 18.7 Å². The van der Waals surface area contributed by atoms with Gasteiger partial charge in [-0.25, -0.2) is 0 Å². The van der Waals surface area contributed by atoms with Crippen molar-refractivity contribution in [2.24, 2.45) is 0 Å². The van der Waals surface area contributed by atoms with Crippen molar-refractivity contribution in [2.45, 2.75) is 19.5 Å². The molecule has 0 aliphatic rings. The molecule has 0 N–H and O–H groups in total. The van der Waals surface area contributed by atoms with E-state index in [9.17, 15) is 18.0 Å². The molecule has 1 aromatic rings. The maximum Gasteiger partial charge on any atom is 0.418 e. The second kappa shape index (κ2) is 6.97. The maximum absolute atomic E-state index is 13.1. The van der Waals surface area contributed by atoms with E-state index < -0.39 is 17.7 Å². The van der Waals surface area contributed by atoms with Crippen LogP contribution in [0.5, 0.6) is 0 Å². The molecule has 0 aliphatic heterocycles. The lowest BCUT2D eigenvalue weighted by Crippen LogP contribution is -2.28. The van der Waals surface area contributed by atoms with Gasteiger partial charge in [0, 0.05) is 23.2 Å². The van der Waals surface area contributed by atoms with Gasteiger partial charge in [-0.2, -0.15) is 13.2 Å². The van der Waals surface area contributed by atoms with Crippen LogP contribution in [0.25, 0.3) is 0 Å². The van der Waals surface area contributed by atoms with Crippen LogP contribution in [0, 0.1) is 0 Å². The van der Waals surface area contributed by atoms with Crippen molar-refractivity contribution >= 4 is 27.6 Å². The Balaban J connectivity index is 3.06. The first kappa shape index (κ1) is 16.8. The lowest BCUT2D eigenvalue weighted by atomic mass is 10.1. The maximum atomic E-state index is 13.1. The van der Waals surface area contributed by atoms with Gasteiger partial charge in [0.1, 0.15) is 0 Å². The van der Waals surface area contributed by atoms with Crippen LogP contribution in [0.2, 0.25) is 0 Å². The zero-order valence-corrected chi connectivity index (χ0v) is 12.7. The van der Waals surface area contributed by atoms with Crippen molar-refractivity contribution in [3.05, 3.63) is 28.2 Å². The smallest absolute Gasteiger partial charge is 0.418 e. The molecule has 0 atom stereocenters. The normalized spacial score (nSPS) is 11.3. The van der Waals surface area contributed by atoms with Crippen LogP contribution in [0.3, 0.4) is 0 Å². The predicted molar refractivity (Wildman–Crippen MR) is 73.7 cm³/mol. The predicted octanol–water partition coefficient (Wildman–Crippen LogP) is 3.86. The monoisotopic (exact) mass is 353 g/mol. The summed E-state index contributed by atoms with van der Waals surface area (Å²) in [6.45, 7) is 2.27. The Morgan fingerprint density at radius 1 is 1.40 bits per heavy atom. The number of anilines is 1. The Hall–Kier alpha value is -1.24. The Morgan fingerprint density at radius 3 is 2.55 bits per heavy atom. The lowest BCUT2D eigenvalue weighted by Gasteiger charge is -2.26. The van der Waals surface area contributed by atoms with Crippen LogP contribution < -0.4 is 4.90 Å². The van der Waals surface area contributed by atoms with Crippen LogP contribution in [0.1, 0.15) is 18.9 Å². The van der Waals surface area contributed by atoms with E-state index in [1.165, 1.54) is 18.1 Å². The number of nitrogens with zero attached hydrogens (tertiary/aromatic N) is 1. The molecule has 1 rings (SSSR count). The molecule has 0 aromatic heterocycles. The van der Waals surface area contributed by atoms with Gasteiger partial charge >= 0.3 is 12.1 Å². The highest BCUT2D eigenvalue weighted by Gasteiger charge is 2.35. The lowest BCUT2D eigenvalue weighted by molar-refractivity contribution is -0.140. The molecule has 0 unspecified atom stereocenters. The minimum absolute atomic E-state index is 0.0394. The number of ether oxygens (including phenoxy) is 1. The number of alkyl halides is 3. The van der Waals surface area contributed by atoms with E-state index in [4.69, 9.17) is 0 Å². The average molecular weight is 354 g/mol. The fourth-order valence-corrected chi connectivity index (χ4v) is 2.15. The third kappa shape index (κ3) is 4.40. The van der Waals surface area contributed by atoms with Crippen LogP contribution >= 0.6 is 15.9 Å².